The van der Waals surface area contributed by atoms with E-state index < -0.39 is 0 Å². The lowest BCUT2D eigenvalue weighted by Gasteiger charge is -2.02. The molecule has 2 rings (SSSR count). The van der Waals surface area contributed by atoms with Crippen LogP contribution in [0, 0.1) is 0 Å². The Morgan fingerprint density at radius 2 is 2.08 bits per heavy atom. The molecule has 1 heterocycles. The minimum Gasteiger partial charge on any atom is -0.398 e. The van der Waals surface area contributed by atoms with Crippen molar-refractivity contribution in [1.29, 1.82) is 0 Å². The summed E-state index contributed by atoms with van der Waals surface area (Å²) in [5.74, 6) is 0. The Kier molecular flexibility index (Phi) is 2.14. The van der Waals surface area contributed by atoms with Gasteiger partial charge in [0.25, 0.3) is 0 Å². The number of nitrogen functional groups attached to an aromatic ring is 1. The first-order valence-corrected chi connectivity index (χ1v) is 4.84. The third kappa shape index (κ3) is 1.49. The van der Waals surface area contributed by atoms with E-state index in [2.05, 4.69) is 20.9 Å². The van der Waals surface area contributed by atoms with Crippen molar-refractivity contribution in [2.75, 3.05) is 5.73 Å². The average Bonchev–Trinajstić information content (AvgIpc) is 2.09. The molecule has 0 radical (unpaired) electrons. The average molecular weight is 258 g/mol. The minimum atomic E-state index is 0.622. The Morgan fingerprint density at radius 3 is 2.85 bits per heavy atom. The Balaban J connectivity index is 2.89. The van der Waals surface area contributed by atoms with Gasteiger partial charge in [0.1, 0.15) is 0 Å². The van der Waals surface area contributed by atoms with E-state index in [9.17, 15) is 0 Å². The zero-order valence-electron chi connectivity index (χ0n) is 6.59. The lowest BCUT2D eigenvalue weighted by molar-refractivity contribution is 1.36. The predicted molar refractivity (Wildman–Crippen MR) is 58.9 cm³/mol. The van der Waals surface area contributed by atoms with E-state index in [1.54, 1.807) is 12.4 Å². The summed E-state index contributed by atoms with van der Waals surface area (Å²) < 4.78 is 0.865. The molecular weight excluding hydrogens is 251 g/mol. The number of aromatic nitrogens is 1. The first-order chi connectivity index (χ1) is 6.18. The van der Waals surface area contributed by atoms with Gasteiger partial charge in [0, 0.05) is 33.3 Å². The van der Waals surface area contributed by atoms with Crippen LogP contribution >= 0.6 is 27.5 Å². The normalized spacial score (nSPS) is 10.6. The molecule has 0 atom stereocenters. The second-order valence-electron chi connectivity index (χ2n) is 2.72. The molecule has 13 heavy (non-hydrogen) atoms. The quantitative estimate of drug-likeness (QED) is 0.736. The second-order valence-corrected chi connectivity index (χ2v) is 3.98. The van der Waals surface area contributed by atoms with Crippen molar-refractivity contribution in [1.82, 2.24) is 4.98 Å². The third-order valence-corrected chi connectivity index (χ3v) is 2.82. The summed E-state index contributed by atoms with van der Waals surface area (Å²) in [5.41, 5.74) is 6.41. The van der Waals surface area contributed by atoms with Crippen molar-refractivity contribution in [3.8, 4) is 0 Å². The number of hydrogen-bond acceptors (Lipinski definition) is 2. The van der Waals surface area contributed by atoms with Crippen LogP contribution in [0.3, 0.4) is 0 Å². The molecule has 2 aromatic rings. The van der Waals surface area contributed by atoms with Gasteiger partial charge in [-0.1, -0.05) is 11.6 Å². The summed E-state index contributed by atoms with van der Waals surface area (Å²) in [6.45, 7) is 0. The molecule has 66 valence electrons. The zero-order valence-corrected chi connectivity index (χ0v) is 8.93. The Morgan fingerprint density at radius 1 is 1.31 bits per heavy atom. The number of fused-ring (bicyclic) bond motifs is 1. The maximum Gasteiger partial charge on any atom is 0.0668 e. The van der Waals surface area contributed by atoms with Crippen molar-refractivity contribution < 1.29 is 0 Å². The van der Waals surface area contributed by atoms with Gasteiger partial charge in [-0.3, -0.25) is 4.98 Å². The summed E-state index contributed by atoms with van der Waals surface area (Å²) in [6, 6.07) is 3.74. The van der Waals surface area contributed by atoms with Gasteiger partial charge in [-0.05, 0) is 28.1 Å². The number of benzene rings is 1. The van der Waals surface area contributed by atoms with Gasteiger partial charge in [0.2, 0.25) is 0 Å². The molecule has 0 unspecified atom stereocenters. The molecule has 2 nitrogen and oxygen atoms in total. The van der Waals surface area contributed by atoms with E-state index >= 15 is 0 Å². The number of rotatable bonds is 0. The van der Waals surface area contributed by atoms with Crippen LogP contribution in [0.25, 0.3) is 10.8 Å². The van der Waals surface area contributed by atoms with Crippen molar-refractivity contribution in [2.45, 2.75) is 0 Å². The number of anilines is 1. The number of hydrogen-bond donors (Lipinski definition) is 1. The van der Waals surface area contributed by atoms with E-state index in [4.69, 9.17) is 17.3 Å². The maximum absolute atomic E-state index is 5.95. The Labute approximate surface area is 88.8 Å². The smallest absolute Gasteiger partial charge is 0.0668 e. The number of nitrogens with two attached hydrogens (primary N) is 1. The molecule has 0 saturated heterocycles. The molecule has 0 amide bonds. The highest BCUT2D eigenvalue weighted by Gasteiger charge is 2.02. The van der Waals surface area contributed by atoms with Crippen molar-refractivity contribution in [3.63, 3.8) is 0 Å². The van der Waals surface area contributed by atoms with Crippen LogP contribution in [-0.4, -0.2) is 4.98 Å². The van der Waals surface area contributed by atoms with Crippen LogP contribution in [0.1, 0.15) is 0 Å². The van der Waals surface area contributed by atoms with Gasteiger partial charge in [0.15, 0.2) is 0 Å². The fourth-order valence-electron chi connectivity index (χ4n) is 1.17. The number of nitrogens with zero attached hydrogens (tertiary/aromatic N) is 1. The Bertz CT molecular complexity index is 470. The second kappa shape index (κ2) is 3.16. The highest BCUT2D eigenvalue weighted by atomic mass is 79.9. The van der Waals surface area contributed by atoms with Gasteiger partial charge in [-0.25, -0.2) is 0 Å². The maximum atomic E-state index is 5.95. The third-order valence-electron chi connectivity index (χ3n) is 1.83. The monoisotopic (exact) mass is 256 g/mol. The summed E-state index contributed by atoms with van der Waals surface area (Å²) in [4.78, 5) is 3.99. The molecule has 2 N–H and O–H groups in total. The highest BCUT2D eigenvalue weighted by molar-refractivity contribution is 9.10. The molecular formula is C9H6BrClN2. The molecule has 0 bridgehead atoms. The molecule has 0 saturated carbocycles. The van der Waals surface area contributed by atoms with Crippen LogP contribution < -0.4 is 5.73 Å². The van der Waals surface area contributed by atoms with Crippen LogP contribution in [-0.2, 0) is 0 Å². The first kappa shape index (κ1) is 8.78. The van der Waals surface area contributed by atoms with Gasteiger partial charge >= 0.3 is 0 Å². The van der Waals surface area contributed by atoms with Crippen LogP contribution in [0.15, 0.2) is 29.0 Å². The molecule has 0 aliphatic carbocycles. The molecule has 0 spiro atoms. The molecule has 0 fully saturated rings. The molecule has 1 aromatic heterocycles. The fraction of sp³-hybridized carbons (Fsp3) is 0. The van der Waals surface area contributed by atoms with Gasteiger partial charge in [0.05, 0.1) is 5.02 Å². The summed E-state index contributed by atoms with van der Waals surface area (Å²) >= 11 is 9.29. The fourth-order valence-corrected chi connectivity index (χ4v) is 1.75. The standard InChI is InChI=1S/C9H6BrClN2/c10-7-1-5-3-13-4-8(11)6(5)2-9(7)12/h1-4H,12H2. The molecule has 1 aromatic carbocycles. The largest absolute Gasteiger partial charge is 0.398 e. The van der Waals surface area contributed by atoms with E-state index in [-0.39, 0.29) is 0 Å². The van der Waals surface area contributed by atoms with E-state index in [0.717, 1.165) is 15.2 Å². The van der Waals surface area contributed by atoms with Gasteiger partial charge in [-0.2, -0.15) is 0 Å². The summed E-state index contributed by atoms with van der Waals surface area (Å²) in [5, 5.41) is 2.53. The first-order valence-electron chi connectivity index (χ1n) is 3.67. The highest BCUT2D eigenvalue weighted by Crippen LogP contribution is 2.29. The summed E-state index contributed by atoms with van der Waals surface area (Å²) in [6.07, 6.45) is 3.36. The lowest BCUT2D eigenvalue weighted by atomic mass is 10.1. The van der Waals surface area contributed by atoms with Crippen LogP contribution in [0.2, 0.25) is 5.02 Å². The topological polar surface area (TPSA) is 38.9 Å². The number of halogens is 2. The zero-order chi connectivity index (χ0) is 9.42. The minimum absolute atomic E-state index is 0.622. The molecule has 0 aliphatic rings. The van der Waals surface area contributed by atoms with Crippen LogP contribution in [0.5, 0.6) is 0 Å². The van der Waals surface area contributed by atoms with Gasteiger partial charge in [-0.15, -0.1) is 0 Å². The molecule has 4 heteroatoms. The summed E-state index contributed by atoms with van der Waals surface area (Å²) in [7, 11) is 0. The SMILES string of the molecule is Nc1cc2c(Cl)cncc2cc1Br. The molecule has 0 aliphatic heterocycles. The number of pyridine rings is 1. The lowest BCUT2D eigenvalue weighted by Crippen LogP contribution is -1.87. The van der Waals surface area contributed by atoms with Crippen molar-refractivity contribution >= 4 is 44.0 Å². The van der Waals surface area contributed by atoms with Crippen molar-refractivity contribution in [2.24, 2.45) is 0 Å². The van der Waals surface area contributed by atoms with E-state index in [1.807, 2.05) is 12.1 Å². The van der Waals surface area contributed by atoms with Crippen molar-refractivity contribution in [3.05, 3.63) is 34.0 Å². The van der Waals surface area contributed by atoms with Crippen LogP contribution in [0.4, 0.5) is 5.69 Å². The Hall–Kier alpha value is -0.800. The van der Waals surface area contributed by atoms with E-state index in [1.165, 1.54) is 0 Å². The van der Waals surface area contributed by atoms with Gasteiger partial charge < -0.3 is 5.73 Å². The predicted octanol–water partition coefficient (Wildman–Crippen LogP) is 3.23. The van der Waals surface area contributed by atoms with E-state index in [0.29, 0.717) is 10.7 Å².